The van der Waals surface area contributed by atoms with Gasteiger partial charge in [-0.05, 0) is 23.6 Å². The summed E-state index contributed by atoms with van der Waals surface area (Å²) in [6, 6.07) is 10.4. The number of rotatable bonds is 1. The van der Waals surface area contributed by atoms with Crippen molar-refractivity contribution in [2.45, 2.75) is 19.8 Å². The molecule has 0 aliphatic heterocycles. The van der Waals surface area contributed by atoms with Crippen LogP contribution in [0.2, 0.25) is 0 Å². The Morgan fingerprint density at radius 2 is 1.71 bits per heavy atom. The van der Waals surface area contributed by atoms with Crippen molar-refractivity contribution in [3.05, 3.63) is 48.3 Å². The van der Waals surface area contributed by atoms with Gasteiger partial charge in [0.05, 0.1) is 11.0 Å². The molecule has 0 N–H and O–H groups in total. The minimum atomic E-state index is 0.502. The molecule has 84 valence electrons. The maximum Gasteiger partial charge on any atom is 0.0967 e. The third-order valence-corrected chi connectivity index (χ3v) is 3.14. The van der Waals surface area contributed by atoms with Crippen LogP contribution in [-0.4, -0.2) is 9.97 Å². The maximum atomic E-state index is 4.49. The van der Waals surface area contributed by atoms with Gasteiger partial charge in [-0.25, -0.2) is 0 Å². The summed E-state index contributed by atoms with van der Waals surface area (Å²) in [4.78, 5) is 8.94. The molecule has 2 nitrogen and oxygen atoms in total. The third-order valence-electron chi connectivity index (χ3n) is 3.14. The van der Waals surface area contributed by atoms with Gasteiger partial charge in [-0.15, -0.1) is 0 Å². The van der Waals surface area contributed by atoms with Gasteiger partial charge in [0.2, 0.25) is 0 Å². The highest BCUT2D eigenvalue weighted by Gasteiger charge is 2.08. The number of nitrogens with zero attached hydrogens (tertiary/aromatic N) is 2. The molecule has 0 amide bonds. The lowest BCUT2D eigenvalue weighted by atomic mass is 9.98. The van der Waals surface area contributed by atoms with Gasteiger partial charge in [-0.3, -0.25) is 9.97 Å². The largest absolute Gasteiger partial charge is 0.254 e. The first-order valence-electron chi connectivity index (χ1n) is 5.90. The number of pyridine rings is 2. The van der Waals surface area contributed by atoms with Crippen molar-refractivity contribution in [1.82, 2.24) is 9.97 Å². The van der Waals surface area contributed by atoms with Gasteiger partial charge in [0.25, 0.3) is 0 Å². The Kier molecular flexibility index (Phi) is 2.29. The fourth-order valence-electron chi connectivity index (χ4n) is 2.28. The number of aromatic nitrogens is 2. The number of fused-ring (bicyclic) bond motifs is 3. The van der Waals surface area contributed by atoms with Crippen LogP contribution in [0.15, 0.2) is 42.7 Å². The van der Waals surface area contributed by atoms with E-state index in [1.54, 1.807) is 0 Å². The SMILES string of the molecule is CC(C)c1ccnc2c1ccc1cccnc12. The van der Waals surface area contributed by atoms with Gasteiger partial charge >= 0.3 is 0 Å². The molecule has 2 heteroatoms. The average molecular weight is 222 g/mol. The molecule has 0 spiro atoms. The van der Waals surface area contributed by atoms with Crippen molar-refractivity contribution in [1.29, 1.82) is 0 Å². The lowest BCUT2D eigenvalue weighted by molar-refractivity contribution is 0.874. The van der Waals surface area contributed by atoms with E-state index in [4.69, 9.17) is 0 Å². The third kappa shape index (κ3) is 1.57. The molecule has 0 fully saturated rings. The highest BCUT2D eigenvalue weighted by Crippen LogP contribution is 2.28. The molecule has 3 rings (SSSR count). The van der Waals surface area contributed by atoms with E-state index in [0.717, 1.165) is 16.4 Å². The van der Waals surface area contributed by atoms with Crippen molar-refractivity contribution >= 4 is 21.8 Å². The van der Waals surface area contributed by atoms with Crippen LogP contribution in [0.3, 0.4) is 0 Å². The average Bonchev–Trinajstić information content (AvgIpc) is 2.37. The van der Waals surface area contributed by atoms with Crippen molar-refractivity contribution in [3.63, 3.8) is 0 Å². The lowest BCUT2D eigenvalue weighted by Crippen LogP contribution is -1.92. The monoisotopic (exact) mass is 222 g/mol. The van der Waals surface area contributed by atoms with E-state index in [-0.39, 0.29) is 0 Å². The van der Waals surface area contributed by atoms with E-state index in [2.05, 4.69) is 48.1 Å². The van der Waals surface area contributed by atoms with Crippen LogP contribution in [0.25, 0.3) is 21.8 Å². The van der Waals surface area contributed by atoms with Crippen molar-refractivity contribution in [2.24, 2.45) is 0 Å². The molecule has 0 atom stereocenters. The minimum Gasteiger partial charge on any atom is -0.254 e. The zero-order chi connectivity index (χ0) is 11.8. The van der Waals surface area contributed by atoms with E-state index in [1.165, 1.54) is 10.9 Å². The van der Waals surface area contributed by atoms with E-state index in [0.29, 0.717) is 5.92 Å². The molecular formula is C15H14N2. The van der Waals surface area contributed by atoms with Gasteiger partial charge in [0.15, 0.2) is 0 Å². The first-order chi connectivity index (χ1) is 8.27. The zero-order valence-electron chi connectivity index (χ0n) is 10.0. The predicted octanol–water partition coefficient (Wildman–Crippen LogP) is 3.91. The van der Waals surface area contributed by atoms with E-state index < -0.39 is 0 Å². The standard InChI is InChI=1S/C15H14N2/c1-10(2)12-7-9-17-15-13(12)6-5-11-4-3-8-16-14(11)15/h3-10H,1-2H3. The van der Waals surface area contributed by atoms with E-state index in [9.17, 15) is 0 Å². The fraction of sp³-hybridized carbons (Fsp3) is 0.200. The highest BCUT2D eigenvalue weighted by molar-refractivity contribution is 6.03. The Balaban J connectivity index is 2.48. The predicted molar refractivity (Wildman–Crippen MR) is 71.1 cm³/mol. The molecule has 17 heavy (non-hydrogen) atoms. The van der Waals surface area contributed by atoms with Crippen LogP contribution in [0, 0.1) is 0 Å². The molecule has 0 bridgehead atoms. The van der Waals surface area contributed by atoms with Crippen LogP contribution in [0.1, 0.15) is 25.3 Å². The van der Waals surface area contributed by atoms with Crippen LogP contribution < -0.4 is 0 Å². The molecular weight excluding hydrogens is 208 g/mol. The second-order valence-corrected chi connectivity index (χ2v) is 4.59. The Morgan fingerprint density at radius 3 is 2.53 bits per heavy atom. The summed E-state index contributed by atoms with van der Waals surface area (Å²) in [7, 11) is 0. The topological polar surface area (TPSA) is 25.8 Å². The van der Waals surface area contributed by atoms with Gasteiger partial charge in [-0.1, -0.05) is 32.0 Å². The highest BCUT2D eigenvalue weighted by atomic mass is 14.7. The molecule has 0 aliphatic carbocycles. The van der Waals surface area contributed by atoms with E-state index in [1.807, 2.05) is 18.5 Å². The molecule has 0 aliphatic rings. The van der Waals surface area contributed by atoms with Crippen LogP contribution >= 0.6 is 0 Å². The Bertz CT molecular complexity index is 687. The van der Waals surface area contributed by atoms with Gasteiger partial charge < -0.3 is 0 Å². The summed E-state index contributed by atoms with van der Waals surface area (Å²) < 4.78 is 0. The minimum absolute atomic E-state index is 0.502. The molecule has 0 saturated heterocycles. The number of benzene rings is 1. The van der Waals surface area contributed by atoms with Gasteiger partial charge in [0, 0.05) is 23.2 Å². The second kappa shape index (κ2) is 3.81. The zero-order valence-corrected chi connectivity index (χ0v) is 10.0. The summed E-state index contributed by atoms with van der Waals surface area (Å²) in [5, 5.41) is 2.36. The van der Waals surface area contributed by atoms with Crippen LogP contribution in [-0.2, 0) is 0 Å². The Labute approximate surface area is 100 Å². The summed E-state index contributed by atoms with van der Waals surface area (Å²) >= 11 is 0. The quantitative estimate of drug-likeness (QED) is 0.583. The molecule has 2 heterocycles. The first-order valence-corrected chi connectivity index (χ1v) is 5.90. The Hall–Kier alpha value is -1.96. The van der Waals surface area contributed by atoms with Crippen molar-refractivity contribution in [2.75, 3.05) is 0 Å². The van der Waals surface area contributed by atoms with Crippen molar-refractivity contribution < 1.29 is 0 Å². The maximum absolute atomic E-state index is 4.49. The molecule has 0 radical (unpaired) electrons. The van der Waals surface area contributed by atoms with Crippen LogP contribution in [0.5, 0.6) is 0 Å². The molecule has 2 aromatic heterocycles. The van der Waals surface area contributed by atoms with Crippen molar-refractivity contribution in [3.8, 4) is 0 Å². The molecule has 0 unspecified atom stereocenters. The number of hydrogen-bond acceptors (Lipinski definition) is 2. The summed E-state index contributed by atoms with van der Waals surface area (Å²) in [5.41, 5.74) is 3.34. The van der Waals surface area contributed by atoms with Crippen LogP contribution in [0.4, 0.5) is 0 Å². The smallest absolute Gasteiger partial charge is 0.0967 e. The van der Waals surface area contributed by atoms with Gasteiger partial charge in [-0.2, -0.15) is 0 Å². The summed E-state index contributed by atoms with van der Waals surface area (Å²) in [6.45, 7) is 4.41. The Morgan fingerprint density at radius 1 is 0.882 bits per heavy atom. The van der Waals surface area contributed by atoms with Gasteiger partial charge in [0.1, 0.15) is 0 Å². The normalized spacial score (nSPS) is 11.5. The fourth-order valence-corrected chi connectivity index (χ4v) is 2.28. The summed E-state index contributed by atoms with van der Waals surface area (Å²) in [5.74, 6) is 0.502. The molecule has 1 aromatic carbocycles. The first kappa shape index (κ1) is 10.2. The molecule has 0 saturated carbocycles. The molecule has 3 aromatic rings. The summed E-state index contributed by atoms with van der Waals surface area (Å²) in [6.07, 6.45) is 3.71. The lowest BCUT2D eigenvalue weighted by Gasteiger charge is -2.10. The number of hydrogen-bond donors (Lipinski definition) is 0. The second-order valence-electron chi connectivity index (χ2n) is 4.59. The van der Waals surface area contributed by atoms with E-state index >= 15 is 0 Å².